The summed E-state index contributed by atoms with van der Waals surface area (Å²) in [5, 5.41) is 11.7. The van der Waals surface area contributed by atoms with Crippen LogP contribution in [0.2, 0.25) is 0 Å². The lowest BCUT2D eigenvalue weighted by Gasteiger charge is -2.36. The fourth-order valence-corrected chi connectivity index (χ4v) is 7.41. The molecule has 1 amide bonds. The van der Waals surface area contributed by atoms with E-state index in [9.17, 15) is 13.2 Å². The van der Waals surface area contributed by atoms with Crippen molar-refractivity contribution in [2.75, 3.05) is 39.4 Å². The Morgan fingerprint density at radius 2 is 1.71 bits per heavy atom. The summed E-state index contributed by atoms with van der Waals surface area (Å²) in [6, 6.07) is 4.80. The molecule has 1 aromatic carbocycles. The minimum Gasteiger partial charge on any atom is -0.381 e. The van der Waals surface area contributed by atoms with E-state index in [1.54, 1.807) is 12.1 Å². The SMILES string of the molecule is O=C(C1CCN(S(=O)(=O)c2cccc3nonc23)CC1)N1CCC(Cc2nc(C3CCOCC3)no2)CC1. The fourth-order valence-electron chi connectivity index (χ4n) is 5.81. The van der Waals surface area contributed by atoms with Gasteiger partial charge in [-0.25, -0.2) is 13.0 Å². The molecule has 3 aromatic rings. The molecule has 0 saturated carbocycles. The minimum absolute atomic E-state index is 0.0872. The summed E-state index contributed by atoms with van der Waals surface area (Å²) in [7, 11) is -3.76. The lowest BCUT2D eigenvalue weighted by molar-refractivity contribution is -0.138. The van der Waals surface area contributed by atoms with Crippen LogP contribution in [0.15, 0.2) is 32.2 Å². The van der Waals surface area contributed by atoms with E-state index >= 15 is 0 Å². The number of hydrogen-bond donors (Lipinski definition) is 0. The van der Waals surface area contributed by atoms with Gasteiger partial charge >= 0.3 is 0 Å². The van der Waals surface area contributed by atoms with Crippen molar-refractivity contribution >= 4 is 27.0 Å². The smallest absolute Gasteiger partial charge is 0.245 e. The number of fused-ring (bicyclic) bond motifs is 1. The van der Waals surface area contributed by atoms with Crippen LogP contribution in [0.1, 0.15) is 56.2 Å². The first-order valence-electron chi connectivity index (χ1n) is 13.4. The first-order valence-corrected chi connectivity index (χ1v) is 14.8. The Morgan fingerprint density at radius 1 is 0.947 bits per heavy atom. The predicted molar refractivity (Wildman–Crippen MR) is 133 cm³/mol. The molecule has 0 unspecified atom stereocenters. The van der Waals surface area contributed by atoms with Gasteiger partial charge in [-0.15, -0.1) is 0 Å². The summed E-state index contributed by atoms with van der Waals surface area (Å²) in [4.78, 5) is 19.9. The van der Waals surface area contributed by atoms with Crippen molar-refractivity contribution in [2.45, 2.75) is 55.8 Å². The van der Waals surface area contributed by atoms with Gasteiger partial charge in [0, 0.05) is 57.6 Å². The molecule has 3 saturated heterocycles. The van der Waals surface area contributed by atoms with E-state index in [4.69, 9.17) is 13.9 Å². The summed E-state index contributed by atoms with van der Waals surface area (Å²) in [6.07, 6.45) is 5.39. The summed E-state index contributed by atoms with van der Waals surface area (Å²) < 4.78 is 43.6. The molecular formula is C25H32N6O6S. The van der Waals surface area contributed by atoms with Gasteiger partial charge in [-0.2, -0.15) is 9.29 Å². The van der Waals surface area contributed by atoms with Gasteiger partial charge in [-0.05, 0) is 66.9 Å². The van der Waals surface area contributed by atoms with E-state index in [-0.39, 0.29) is 22.2 Å². The van der Waals surface area contributed by atoms with Crippen LogP contribution < -0.4 is 0 Å². The largest absolute Gasteiger partial charge is 0.381 e. The summed E-state index contributed by atoms with van der Waals surface area (Å²) >= 11 is 0. The van der Waals surface area contributed by atoms with Crippen molar-refractivity contribution in [3.8, 4) is 0 Å². The van der Waals surface area contributed by atoms with Crippen LogP contribution in [-0.2, 0) is 26.0 Å². The Labute approximate surface area is 220 Å². The Balaban J connectivity index is 0.992. The van der Waals surface area contributed by atoms with Gasteiger partial charge in [0.05, 0.1) is 0 Å². The van der Waals surface area contributed by atoms with Crippen molar-refractivity contribution in [2.24, 2.45) is 11.8 Å². The van der Waals surface area contributed by atoms with Crippen LogP contribution in [-0.4, -0.2) is 83.4 Å². The van der Waals surface area contributed by atoms with Gasteiger partial charge in [0.1, 0.15) is 10.4 Å². The number of nitrogens with zero attached hydrogens (tertiary/aromatic N) is 6. The average molecular weight is 545 g/mol. The molecule has 3 aliphatic rings. The van der Waals surface area contributed by atoms with E-state index in [1.165, 1.54) is 10.4 Å². The zero-order valence-corrected chi connectivity index (χ0v) is 22.0. The highest BCUT2D eigenvalue weighted by atomic mass is 32.2. The summed E-state index contributed by atoms with van der Waals surface area (Å²) in [5.74, 6) is 2.15. The molecule has 2 aromatic heterocycles. The van der Waals surface area contributed by atoms with Gasteiger partial charge in [-0.3, -0.25) is 4.79 Å². The van der Waals surface area contributed by atoms with Crippen molar-refractivity contribution < 1.29 is 27.1 Å². The quantitative estimate of drug-likeness (QED) is 0.453. The van der Waals surface area contributed by atoms with Crippen LogP contribution >= 0.6 is 0 Å². The lowest BCUT2D eigenvalue weighted by Crippen LogP contribution is -2.46. The van der Waals surface area contributed by atoms with Crippen molar-refractivity contribution in [3.05, 3.63) is 29.9 Å². The number of piperidine rings is 2. The molecule has 0 radical (unpaired) electrons. The molecule has 3 fully saturated rings. The molecule has 13 heteroatoms. The Morgan fingerprint density at radius 3 is 2.47 bits per heavy atom. The zero-order chi connectivity index (χ0) is 26.1. The summed E-state index contributed by atoms with van der Waals surface area (Å²) in [5.41, 5.74) is 0.632. The van der Waals surface area contributed by atoms with E-state index in [1.807, 2.05) is 4.90 Å². The maximum Gasteiger partial charge on any atom is 0.245 e. The highest BCUT2D eigenvalue weighted by Gasteiger charge is 2.36. The number of ether oxygens (including phenoxy) is 1. The number of rotatable bonds is 6. The Kier molecular flexibility index (Phi) is 7.14. The molecule has 5 heterocycles. The number of sulfonamides is 1. The van der Waals surface area contributed by atoms with E-state index in [2.05, 4.69) is 20.5 Å². The molecule has 6 rings (SSSR count). The molecule has 0 bridgehead atoms. The van der Waals surface area contributed by atoms with Crippen LogP contribution in [0.3, 0.4) is 0 Å². The van der Waals surface area contributed by atoms with Gasteiger partial charge < -0.3 is 14.2 Å². The molecular weight excluding hydrogens is 512 g/mol. The molecule has 12 nitrogen and oxygen atoms in total. The predicted octanol–water partition coefficient (Wildman–Crippen LogP) is 2.38. The standard InChI is InChI=1S/C25H32N6O6S/c32-25(19-6-12-31(13-7-19)38(33,34)21-3-1-2-20-23(21)28-37-27-20)30-10-4-17(5-11-30)16-22-26-24(29-36-22)18-8-14-35-15-9-18/h1-3,17-19H,4-16H2. The molecule has 3 aliphatic heterocycles. The van der Waals surface area contributed by atoms with E-state index in [0.717, 1.165) is 51.1 Å². The summed E-state index contributed by atoms with van der Waals surface area (Å²) in [6.45, 7) is 3.47. The Hall–Kier alpha value is -2.90. The topological polar surface area (TPSA) is 145 Å². The van der Waals surface area contributed by atoms with Gasteiger partial charge in [0.2, 0.25) is 21.8 Å². The number of hydrogen-bond acceptors (Lipinski definition) is 10. The third-order valence-corrected chi connectivity index (χ3v) is 10.1. The second-order valence-corrected chi connectivity index (χ2v) is 12.4. The first kappa shape index (κ1) is 25.4. The van der Waals surface area contributed by atoms with Crippen LogP contribution in [0.4, 0.5) is 0 Å². The molecule has 38 heavy (non-hydrogen) atoms. The van der Waals surface area contributed by atoms with Crippen molar-refractivity contribution in [1.82, 2.24) is 29.7 Å². The monoisotopic (exact) mass is 544 g/mol. The maximum absolute atomic E-state index is 13.3. The third kappa shape index (κ3) is 5.06. The second-order valence-electron chi connectivity index (χ2n) is 10.5. The van der Waals surface area contributed by atoms with Gasteiger partial charge in [-0.1, -0.05) is 11.2 Å². The van der Waals surface area contributed by atoms with Crippen LogP contribution in [0.5, 0.6) is 0 Å². The third-order valence-electron chi connectivity index (χ3n) is 8.13. The van der Waals surface area contributed by atoms with Gasteiger partial charge in [0.15, 0.2) is 11.3 Å². The zero-order valence-electron chi connectivity index (χ0n) is 21.2. The molecule has 0 spiro atoms. The maximum atomic E-state index is 13.3. The van der Waals surface area contributed by atoms with Crippen molar-refractivity contribution in [3.63, 3.8) is 0 Å². The number of aromatic nitrogens is 4. The molecule has 204 valence electrons. The first-order chi connectivity index (χ1) is 18.5. The average Bonchev–Trinajstić information content (AvgIpc) is 3.63. The number of carbonyl (C=O) groups is 1. The number of benzene rings is 1. The fraction of sp³-hybridized carbons (Fsp3) is 0.640. The van der Waals surface area contributed by atoms with Crippen LogP contribution in [0, 0.1) is 11.8 Å². The van der Waals surface area contributed by atoms with E-state index in [0.29, 0.717) is 62.3 Å². The van der Waals surface area contributed by atoms with Crippen molar-refractivity contribution in [1.29, 1.82) is 0 Å². The van der Waals surface area contributed by atoms with E-state index < -0.39 is 10.0 Å². The minimum atomic E-state index is -3.76. The second kappa shape index (κ2) is 10.7. The number of likely N-dealkylation sites (tertiary alicyclic amines) is 1. The lowest BCUT2D eigenvalue weighted by atomic mass is 9.91. The number of amides is 1. The molecule has 0 aliphatic carbocycles. The molecule has 0 N–H and O–H groups in total. The van der Waals surface area contributed by atoms with Crippen LogP contribution in [0.25, 0.3) is 11.0 Å². The highest BCUT2D eigenvalue weighted by Crippen LogP contribution is 2.30. The number of carbonyl (C=O) groups excluding carboxylic acids is 1. The van der Waals surface area contributed by atoms with Gasteiger partial charge in [0.25, 0.3) is 0 Å². The highest BCUT2D eigenvalue weighted by molar-refractivity contribution is 7.89. The Bertz CT molecular complexity index is 1370. The molecule has 0 atom stereocenters. The normalized spacial score (nSPS) is 21.3.